The molecule has 146 valence electrons. The summed E-state index contributed by atoms with van der Waals surface area (Å²) in [6, 6.07) is -1.83. The van der Waals surface area contributed by atoms with Crippen LogP contribution in [0.3, 0.4) is 0 Å². The van der Waals surface area contributed by atoms with Gasteiger partial charge in [-0.05, 0) is 26.7 Å². The van der Waals surface area contributed by atoms with E-state index in [4.69, 9.17) is 4.74 Å². The van der Waals surface area contributed by atoms with Gasteiger partial charge in [0.05, 0.1) is 0 Å². The van der Waals surface area contributed by atoms with E-state index in [9.17, 15) is 36.3 Å². The van der Waals surface area contributed by atoms with Crippen molar-refractivity contribution in [2.24, 2.45) is 5.92 Å². The predicted octanol–water partition coefficient (Wildman–Crippen LogP) is 2.42. The van der Waals surface area contributed by atoms with E-state index in [0.29, 0.717) is 0 Å². The molecule has 2 amide bonds. The number of hydrogen-bond acceptors (Lipinski definition) is 4. The first-order valence-corrected chi connectivity index (χ1v) is 7.24. The van der Waals surface area contributed by atoms with Crippen LogP contribution < -0.4 is 10.6 Å². The number of carbonyl (C=O) groups excluding carboxylic acids is 3. The van der Waals surface area contributed by atoms with Crippen molar-refractivity contribution in [3.8, 4) is 0 Å². The van der Waals surface area contributed by atoms with E-state index in [1.165, 1.54) is 34.6 Å². The first-order valence-electron chi connectivity index (χ1n) is 7.24. The second kappa shape index (κ2) is 7.96. The first kappa shape index (κ1) is 23.1. The minimum Gasteiger partial charge on any atom is -0.444 e. The summed E-state index contributed by atoms with van der Waals surface area (Å²) in [6.07, 6.45) is -6.09. The second-order valence-electron chi connectivity index (χ2n) is 6.60. The highest BCUT2D eigenvalue weighted by Gasteiger charge is 2.52. The summed E-state index contributed by atoms with van der Waals surface area (Å²) in [5.74, 6) is -10.1. The molecule has 0 fully saturated rings. The van der Waals surface area contributed by atoms with Crippen LogP contribution in [0, 0.1) is 5.92 Å². The fraction of sp³-hybridized carbons (Fsp3) is 0.786. The van der Waals surface area contributed by atoms with Crippen molar-refractivity contribution in [3.05, 3.63) is 0 Å². The highest BCUT2D eigenvalue weighted by atomic mass is 19.4. The molecule has 0 unspecified atom stereocenters. The smallest absolute Gasteiger partial charge is 0.408 e. The number of hydrogen-bond donors (Lipinski definition) is 2. The SMILES string of the molecule is CC(C)[C@H](NC(=O)OC(C)(C)C)C(=O)C(F)(F)C(=O)NCC(F)(F)F. The van der Waals surface area contributed by atoms with E-state index in [2.05, 4.69) is 0 Å². The minimum absolute atomic E-state index is 0.874. The van der Waals surface area contributed by atoms with Gasteiger partial charge in [-0.2, -0.15) is 22.0 Å². The molecule has 0 rings (SSSR count). The number of ether oxygens (including phenoxy) is 1. The van der Waals surface area contributed by atoms with Crippen molar-refractivity contribution >= 4 is 17.8 Å². The van der Waals surface area contributed by atoms with Gasteiger partial charge in [-0.25, -0.2) is 4.79 Å². The van der Waals surface area contributed by atoms with Gasteiger partial charge in [0.2, 0.25) is 5.78 Å². The van der Waals surface area contributed by atoms with Crippen LogP contribution in [0.5, 0.6) is 0 Å². The lowest BCUT2D eigenvalue weighted by Crippen LogP contribution is -2.57. The summed E-state index contributed by atoms with van der Waals surface area (Å²) in [5.41, 5.74) is -0.971. The predicted molar refractivity (Wildman–Crippen MR) is 77.0 cm³/mol. The Labute approximate surface area is 141 Å². The average Bonchev–Trinajstić information content (AvgIpc) is 2.38. The highest BCUT2D eigenvalue weighted by molar-refractivity contribution is 6.10. The maximum absolute atomic E-state index is 13.9. The summed E-state index contributed by atoms with van der Waals surface area (Å²) in [6.45, 7) is 5.10. The zero-order valence-corrected chi connectivity index (χ0v) is 14.4. The van der Waals surface area contributed by atoms with Crippen molar-refractivity contribution in [1.82, 2.24) is 10.6 Å². The fourth-order valence-electron chi connectivity index (χ4n) is 1.57. The van der Waals surface area contributed by atoms with Gasteiger partial charge < -0.3 is 15.4 Å². The number of carbonyl (C=O) groups is 3. The Balaban J connectivity index is 5.18. The topological polar surface area (TPSA) is 84.5 Å². The zero-order chi connectivity index (χ0) is 20.2. The first-order chi connectivity index (χ1) is 11.0. The van der Waals surface area contributed by atoms with E-state index in [1.807, 2.05) is 5.32 Å². The molecule has 0 aromatic carbocycles. The largest absolute Gasteiger partial charge is 0.444 e. The molecule has 0 saturated carbocycles. The quantitative estimate of drug-likeness (QED) is 0.551. The standard InChI is InChI=1S/C14H21F5N2O4/c1-7(2)8(21-11(24)25-12(3,4)5)9(22)14(18,19)10(23)20-6-13(15,16)17/h7-8H,6H2,1-5H3,(H,20,23)(H,21,24)/t8-/m0/s1. The van der Waals surface area contributed by atoms with E-state index in [-0.39, 0.29) is 0 Å². The number of Topliss-reactive ketones (excluding diaryl/α,β-unsaturated/α-hetero) is 1. The van der Waals surface area contributed by atoms with Gasteiger partial charge >= 0.3 is 18.2 Å². The summed E-state index contributed by atoms with van der Waals surface area (Å²) in [5, 5.41) is 2.86. The van der Waals surface area contributed by atoms with Gasteiger partial charge in [-0.15, -0.1) is 0 Å². The zero-order valence-electron chi connectivity index (χ0n) is 14.4. The van der Waals surface area contributed by atoms with Gasteiger partial charge in [0.25, 0.3) is 5.91 Å². The number of rotatable bonds is 6. The van der Waals surface area contributed by atoms with E-state index in [0.717, 1.165) is 5.32 Å². The summed E-state index contributed by atoms with van der Waals surface area (Å²) in [4.78, 5) is 34.8. The molecule has 0 heterocycles. The van der Waals surface area contributed by atoms with E-state index >= 15 is 0 Å². The maximum atomic E-state index is 13.9. The summed E-state index contributed by atoms with van der Waals surface area (Å²) in [7, 11) is 0. The van der Waals surface area contributed by atoms with E-state index < -0.39 is 54.0 Å². The van der Waals surface area contributed by atoms with Crippen LogP contribution in [0.25, 0.3) is 0 Å². The molecule has 0 aliphatic carbocycles. The Hall–Kier alpha value is -1.94. The molecule has 0 aliphatic heterocycles. The minimum atomic E-state index is -4.92. The van der Waals surface area contributed by atoms with Gasteiger partial charge in [-0.3, -0.25) is 9.59 Å². The highest BCUT2D eigenvalue weighted by Crippen LogP contribution is 2.22. The summed E-state index contributed by atoms with van der Waals surface area (Å²) < 4.78 is 68.6. The third-order valence-electron chi connectivity index (χ3n) is 2.67. The molecule has 0 aliphatic rings. The molecule has 0 aromatic rings. The van der Waals surface area contributed by atoms with Crippen molar-refractivity contribution in [1.29, 1.82) is 0 Å². The van der Waals surface area contributed by atoms with Gasteiger partial charge in [-0.1, -0.05) is 13.8 Å². The van der Waals surface area contributed by atoms with Gasteiger partial charge in [0.15, 0.2) is 0 Å². The van der Waals surface area contributed by atoms with Gasteiger partial charge in [0.1, 0.15) is 18.2 Å². The lowest BCUT2D eigenvalue weighted by Gasteiger charge is -2.27. The number of alkyl carbamates (subject to hydrolysis) is 1. The van der Waals surface area contributed by atoms with E-state index in [1.54, 1.807) is 0 Å². The number of halogens is 5. The van der Waals surface area contributed by atoms with Crippen LogP contribution in [-0.4, -0.2) is 48.1 Å². The molecule has 0 radical (unpaired) electrons. The van der Waals surface area contributed by atoms with Crippen molar-refractivity contribution < 1.29 is 41.1 Å². The van der Waals surface area contributed by atoms with Gasteiger partial charge in [0, 0.05) is 0 Å². The Morgan fingerprint density at radius 2 is 1.48 bits per heavy atom. The molecule has 11 heteroatoms. The molecular weight excluding hydrogens is 355 g/mol. The molecule has 2 N–H and O–H groups in total. The molecule has 0 saturated heterocycles. The van der Waals surface area contributed by atoms with Crippen molar-refractivity contribution in [2.45, 2.75) is 58.4 Å². The van der Waals surface area contributed by atoms with Crippen LogP contribution in [0.15, 0.2) is 0 Å². The Morgan fingerprint density at radius 3 is 1.84 bits per heavy atom. The number of alkyl halides is 5. The van der Waals surface area contributed by atoms with Crippen LogP contribution in [-0.2, 0) is 14.3 Å². The molecule has 0 aromatic heterocycles. The molecule has 0 bridgehead atoms. The third-order valence-corrected chi connectivity index (χ3v) is 2.67. The Bertz CT molecular complexity index is 512. The normalized spacial score (nSPS) is 14.0. The van der Waals surface area contributed by atoms with Crippen LogP contribution in [0.1, 0.15) is 34.6 Å². The molecule has 1 atom stereocenters. The lowest BCUT2D eigenvalue weighted by molar-refractivity contribution is -0.165. The lowest BCUT2D eigenvalue weighted by atomic mass is 9.95. The molecule has 25 heavy (non-hydrogen) atoms. The Kier molecular flexibility index (Phi) is 7.34. The molecule has 0 spiro atoms. The van der Waals surface area contributed by atoms with Crippen molar-refractivity contribution in [3.63, 3.8) is 0 Å². The molecular formula is C14H21F5N2O4. The fourth-order valence-corrected chi connectivity index (χ4v) is 1.57. The average molecular weight is 376 g/mol. The van der Waals surface area contributed by atoms with Crippen LogP contribution in [0.4, 0.5) is 26.7 Å². The van der Waals surface area contributed by atoms with Crippen LogP contribution in [0.2, 0.25) is 0 Å². The third kappa shape index (κ3) is 8.12. The maximum Gasteiger partial charge on any atom is 0.408 e. The molecule has 6 nitrogen and oxygen atoms in total. The number of nitrogens with one attached hydrogen (secondary N) is 2. The number of ketones is 1. The monoisotopic (exact) mass is 376 g/mol. The van der Waals surface area contributed by atoms with Crippen LogP contribution >= 0.6 is 0 Å². The Morgan fingerprint density at radius 1 is 1.00 bits per heavy atom. The summed E-state index contributed by atoms with van der Waals surface area (Å²) >= 11 is 0. The number of amides is 2. The second-order valence-corrected chi connectivity index (χ2v) is 6.60. The van der Waals surface area contributed by atoms with Crippen molar-refractivity contribution in [2.75, 3.05) is 6.54 Å².